The Balaban J connectivity index is 1.81. The van der Waals surface area contributed by atoms with Gasteiger partial charge in [-0.15, -0.1) is 0 Å². The van der Waals surface area contributed by atoms with Gasteiger partial charge in [0.2, 0.25) is 0 Å². The molecule has 0 aromatic rings. The van der Waals surface area contributed by atoms with Crippen molar-refractivity contribution in [3.8, 4) is 0 Å². The quantitative estimate of drug-likeness (QED) is 0.731. The van der Waals surface area contributed by atoms with Gasteiger partial charge in [0.15, 0.2) is 0 Å². The predicted octanol–water partition coefficient (Wildman–Crippen LogP) is 1.71. The third kappa shape index (κ3) is 3.60. The van der Waals surface area contributed by atoms with Gasteiger partial charge >= 0.3 is 6.03 Å². The van der Waals surface area contributed by atoms with Gasteiger partial charge in [0, 0.05) is 31.2 Å². The highest BCUT2D eigenvalue weighted by Crippen LogP contribution is 2.17. The Bertz CT molecular complexity index is 253. The molecule has 2 amide bonds. The number of hydrogen-bond acceptors (Lipinski definition) is 2. The Hall–Kier alpha value is -0.770. The summed E-state index contributed by atoms with van der Waals surface area (Å²) in [5.74, 6) is 0. The normalized spacial score (nSPS) is 31.3. The second-order valence-electron chi connectivity index (χ2n) is 5.66. The average molecular weight is 239 g/mol. The first-order valence-electron chi connectivity index (χ1n) is 6.96. The average Bonchev–Trinajstić information content (AvgIpc) is 2.29. The molecule has 0 bridgehead atoms. The molecule has 2 aliphatic rings. The lowest BCUT2D eigenvalue weighted by Crippen LogP contribution is -2.58. The van der Waals surface area contributed by atoms with Gasteiger partial charge in [0.1, 0.15) is 0 Å². The van der Waals surface area contributed by atoms with E-state index < -0.39 is 0 Å². The van der Waals surface area contributed by atoms with E-state index in [-0.39, 0.29) is 6.03 Å². The number of carbonyl (C=O) groups excluding carboxylic acids is 1. The van der Waals surface area contributed by atoms with Crippen molar-refractivity contribution >= 4 is 6.03 Å². The van der Waals surface area contributed by atoms with Gasteiger partial charge in [-0.05, 0) is 26.7 Å². The Kier molecular flexibility index (Phi) is 4.26. The number of amides is 2. The topological polar surface area (TPSA) is 44.4 Å². The summed E-state index contributed by atoms with van der Waals surface area (Å²) in [6.07, 6.45) is 6.17. The highest BCUT2D eigenvalue weighted by Gasteiger charge is 2.26. The van der Waals surface area contributed by atoms with Crippen molar-refractivity contribution in [1.82, 2.24) is 15.5 Å². The minimum atomic E-state index is 0.136. The van der Waals surface area contributed by atoms with Crippen LogP contribution in [0.2, 0.25) is 0 Å². The van der Waals surface area contributed by atoms with Crippen molar-refractivity contribution in [2.24, 2.45) is 0 Å². The molecule has 4 heteroatoms. The fourth-order valence-corrected chi connectivity index (χ4v) is 3.01. The van der Waals surface area contributed by atoms with Crippen molar-refractivity contribution in [2.45, 2.75) is 64.1 Å². The molecule has 4 nitrogen and oxygen atoms in total. The summed E-state index contributed by atoms with van der Waals surface area (Å²) in [5, 5.41) is 6.63. The van der Waals surface area contributed by atoms with Crippen LogP contribution >= 0.6 is 0 Å². The minimum Gasteiger partial charge on any atom is -0.335 e. The van der Waals surface area contributed by atoms with Gasteiger partial charge in [-0.3, -0.25) is 0 Å². The van der Waals surface area contributed by atoms with Crippen LogP contribution in [-0.2, 0) is 0 Å². The Morgan fingerprint density at radius 2 is 1.71 bits per heavy atom. The summed E-state index contributed by atoms with van der Waals surface area (Å²) in [6.45, 7) is 5.92. The number of carbonyl (C=O) groups is 1. The lowest BCUT2D eigenvalue weighted by molar-refractivity contribution is 0.159. The summed E-state index contributed by atoms with van der Waals surface area (Å²) in [7, 11) is 0. The molecule has 1 aliphatic carbocycles. The van der Waals surface area contributed by atoms with Crippen molar-refractivity contribution in [2.75, 3.05) is 13.1 Å². The molecule has 0 aromatic carbocycles. The fraction of sp³-hybridized carbons (Fsp3) is 0.923. The molecule has 17 heavy (non-hydrogen) atoms. The Morgan fingerprint density at radius 3 is 2.29 bits per heavy atom. The molecule has 1 saturated heterocycles. The van der Waals surface area contributed by atoms with E-state index in [1.54, 1.807) is 0 Å². The minimum absolute atomic E-state index is 0.136. The van der Waals surface area contributed by atoms with E-state index in [2.05, 4.69) is 24.5 Å². The molecule has 0 spiro atoms. The van der Waals surface area contributed by atoms with E-state index in [1.165, 1.54) is 19.3 Å². The van der Waals surface area contributed by atoms with E-state index in [4.69, 9.17) is 0 Å². The summed E-state index contributed by atoms with van der Waals surface area (Å²) in [5.41, 5.74) is 0. The van der Waals surface area contributed by atoms with Crippen LogP contribution in [0, 0.1) is 0 Å². The van der Waals surface area contributed by atoms with Crippen LogP contribution in [0.15, 0.2) is 0 Å². The third-order valence-electron chi connectivity index (χ3n) is 3.78. The van der Waals surface area contributed by atoms with Crippen LogP contribution in [0.1, 0.15) is 46.0 Å². The summed E-state index contributed by atoms with van der Waals surface area (Å²) in [4.78, 5) is 14.1. The Labute approximate surface area is 104 Å². The van der Waals surface area contributed by atoms with E-state index in [0.29, 0.717) is 18.1 Å². The van der Waals surface area contributed by atoms with Crippen LogP contribution in [0.25, 0.3) is 0 Å². The zero-order chi connectivity index (χ0) is 12.3. The first-order valence-corrected chi connectivity index (χ1v) is 6.96. The number of nitrogens with one attached hydrogen (secondary N) is 2. The van der Waals surface area contributed by atoms with Crippen LogP contribution in [0.5, 0.6) is 0 Å². The van der Waals surface area contributed by atoms with Gasteiger partial charge < -0.3 is 15.5 Å². The number of piperazine rings is 1. The molecule has 1 aliphatic heterocycles. The molecule has 2 rings (SSSR count). The maximum Gasteiger partial charge on any atom is 0.317 e. The zero-order valence-corrected chi connectivity index (χ0v) is 11.0. The van der Waals surface area contributed by atoms with Crippen LogP contribution in [-0.4, -0.2) is 42.1 Å². The molecule has 1 saturated carbocycles. The highest BCUT2D eigenvalue weighted by atomic mass is 16.2. The van der Waals surface area contributed by atoms with E-state index >= 15 is 0 Å². The molecule has 2 atom stereocenters. The molecule has 98 valence electrons. The molecular weight excluding hydrogens is 214 g/mol. The fourth-order valence-electron chi connectivity index (χ4n) is 3.01. The van der Waals surface area contributed by atoms with Crippen molar-refractivity contribution in [3.63, 3.8) is 0 Å². The lowest BCUT2D eigenvalue weighted by Gasteiger charge is -2.37. The van der Waals surface area contributed by atoms with Gasteiger partial charge in [-0.25, -0.2) is 4.79 Å². The Morgan fingerprint density at radius 1 is 1.12 bits per heavy atom. The second kappa shape index (κ2) is 5.71. The van der Waals surface area contributed by atoms with Crippen molar-refractivity contribution < 1.29 is 4.79 Å². The van der Waals surface area contributed by atoms with Crippen LogP contribution in [0.4, 0.5) is 4.79 Å². The molecule has 2 unspecified atom stereocenters. The summed E-state index contributed by atoms with van der Waals surface area (Å²) < 4.78 is 0. The summed E-state index contributed by atoms with van der Waals surface area (Å²) in [6, 6.07) is 1.35. The van der Waals surface area contributed by atoms with Crippen LogP contribution in [0.3, 0.4) is 0 Å². The third-order valence-corrected chi connectivity index (χ3v) is 3.78. The molecule has 1 heterocycles. The highest BCUT2D eigenvalue weighted by molar-refractivity contribution is 5.74. The zero-order valence-electron chi connectivity index (χ0n) is 11.0. The maximum atomic E-state index is 12.1. The number of nitrogens with zero attached hydrogens (tertiary/aromatic N) is 1. The molecule has 0 aromatic heterocycles. The van der Waals surface area contributed by atoms with E-state index in [0.717, 1.165) is 25.9 Å². The van der Waals surface area contributed by atoms with E-state index in [1.807, 2.05) is 4.90 Å². The first-order chi connectivity index (χ1) is 8.15. The lowest BCUT2D eigenvalue weighted by atomic mass is 9.96. The first kappa shape index (κ1) is 12.7. The molecule has 0 radical (unpaired) electrons. The SMILES string of the molecule is CC1CN(C(=O)NC2CCCCC2)CC(C)N1. The second-order valence-corrected chi connectivity index (χ2v) is 5.66. The number of urea groups is 1. The maximum absolute atomic E-state index is 12.1. The number of rotatable bonds is 1. The van der Waals surface area contributed by atoms with Crippen molar-refractivity contribution in [1.29, 1.82) is 0 Å². The van der Waals surface area contributed by atoms with Gasteiger partial charge in [-0.1, -0.05) is 19.3 Å². The predicted molar refractivity (Wildman–Crippen MR) is 69.0 cm³/mol. The van der Waals surface area contributed by atoms with Gasteiger partial charge in [0.05, 0.1) is 0 Å². The van der Waals surface area contributed by atoms with Crippen LogP contribution < -0.4 is 10.6 Å². The molecule has 2 fully saturated rings. The smallest absolute Gasteiger partial charge is 0.317 e. The number of hydrogen-bond donors (Lipinski definition) is 2. The van der Waals surface area contributed by atoms with Crippen molar-refractivity contribution in [3.05, 3.63) is 0 Å². The van der Waals surface area contributed by atoms with E-state index in [9.17, 15) is 4.79 Å². The molecule has 2 N–H and O–H groups in total. The largest absolute Gasteiger partial charge is 0.335 e. The van der Waals surface area contributed by atoms with Gasteiger partial charge in [-0.2, -0.15) is 0 Å². The molecular formula is C13H25N3O. The summed E-state index contributed by atoms with van der Waals surface area (Å²) >= 11 is 0. The monoisotopic (exact) mass is 239 g/mol. The standard InChI is InChI=1S/C13H25N3O/c1-10-8-16(9-11(2)14-10)13(17)15-12-6-4-3-5-7-12/h10-12,14H,3-9H2,1-2H3,(H,15,17). The van der Waals surface area contributed by atoms with Gasteiger partial charge in [0.25, 0.3) is 0 Å².